The lowest BCUT2D eigenvalue weighted by molar-refractivity contribution is -0.135. The maximum atomic E-state index is 11.1. The van der Waals surface area contributed by atoms with E-state index >= 15 is 0 Å². The molecule has 1 aliphatic heterocycles. The third-order valence-corrected chi connectivity index (χ3v) is 2.66. The first-order chi connectivity index (χ1) is 6.15. The number of carbonyl (C=O) groups excluding carboxylic acids is 1. The molecule has 0 aliphatic carbocycles. The first kappa shape index (κ1) is 10.5. The Morgan fingerprint density at radius 2 is 2.31 bits per heavy atom. The third-order valence-electron chi connectivity index (χ3n) is 2.66. The molecule has 4 nitrogen and oxygen atoms in total. The summed E-state index contributed by atoms with van der Waals surface area (Å²) < 4.78 is 0. The van der Waals surface area contributed by atoms with Crippen molar-refractivity contribution in [2.45, 2.75) is 32.7 Å². The molecule has 0 saturated carbocycles. The summed E-state index contributed by atoms with van der Waals surface area (Å²) in [7, 11) is 0. The molecule has 1 aliphatic rings. The number of piperidine rings is 1. The maximum absolute atomic E-state index is 11.1. The van der Waals surface area contributed by atoms with Crippen LogP contribution in [0.25, 0.3) is 0 Å². The fourth-order valence-electron chi connectivity index (χ4n) is 1.78. The molecule has 0 unspecified atom stereocenters. The maximum Gasteiger partial charge on any atom is 0.247 e. The topological polar surface area (TPSA) is 52.6 Å². The van der Waals surface area contributed by atoms with Gasteiger partial charge in [0.2, 0.25) is 5.91 Å². The van der Waals surface area contributed by atoms with Crippen molar-refractivity contribution >= 4 is 5.91 Å². The molecule has 4 heteroatoms. The second-order valence-corrected chi connectivity index (χ2v) is 3.90. The van der Waals surface area contributed by atoms with Gasteiger partial charge in [0.25, 0.3) is 0 Å². The standard InChI is InChI=1S/C9H18N2O2/c1-7(2)11-5-3-4-8(6-11)9(12)10-13/h7-8,13H,3-6H2,1-2H3,(H,10,12)/t8-/m1/s1. The van der Waals surface area contributed by atoms with Crippen LogP contribution in [0.5, 0.6) is 0 Å². The van der Waals surface area contributed by atoms with Crippen molar-refractivity contribution in [3.8, 4) is 0 Å². The molecule has 1 heterocycles. The number of hydroxylamine groups is 1. The minimum Gasteiger partial charge on any atom is -0.300 e. The fraction of sp³-hybridized carbons (Fsp3) is 0.889. The highest BCUT2D eigenvalue weighted by molar-refractivity contribution is 5.77. The van der Waals surface area contributed by atoms with E-state index in [0.29, 0.717) is 6.04 Å². The van der Waals surface area contributed by atoms with E-state index in [9.17, 15) is 4.79 Å². The van der Waals surface area contributed by atoms with Gasteiger partial charge >= 0.3 is 0 Å². The zero-order valence-corrected chi connectivity index (χ0v) is 8.29. The molecule has 0 aromatic carbocycles. The average molecular weight is 186 g/mol. The lowest BCUT2D eigenvalue weighted by Gasteiger charge is -2.34. The van der Waals surface area contributed by atoms with Gasteiger partial charge in [-0.3, -0.25) is 10.0 Å². The predicted molar refractivity (Wildman–Crippen MR) is 49.4 cm³/mol. The summed E-state index contributed by atoms with van der Waals surface area (Å²) in [5, 5.41) is 8.49. The van der Waals surface area contributed by atoms with Crippen LogP contribution in [0.1, 0.15) is 26.7 Å². The Morgan fingerprint density at radius 3 is 2.85 bits per heavy atom. The van der Waals surface area contributed by atoms with E-state index in [4.69, 9.17) is 5.21 Å². The number of nitrogens with zero attached hydrogens (tertiary/aromatic N) is 1. The molecular formula is C9H18N2O2. The number of hydrogen-bond donors (Lipinski definition) is 2. The van der Waals surface area contributed by atoms with E-state index < -0.39 is 0 Å². The zero-order valence-electron chi connectivity index (χ0n) is 8.29. The molecule has 76 valence electrons. The number of rotatable bonds is 2. The van der Waals surface area contributed by atoms with Crippen molar-refractivity contribution in [2.24, 2.45) is 5.92 Å². The molecule has 0 aromatic heterocycles. The molecule has 0 bridgehead atoms. The quantitative estimate of drug-likeness (QED) is 0.491. The van der Waals surface area contributed by atoms with Gasteiger partial charge in [-0.25, -0.2) is 5.48 Å². The van der Waals surface area contributed by atoms with Crippen molar-refractivity contribution in [1.29, 1.82) is 0 Å². The molecule has 1 rings (SSSR count). The van der Waals surface area contributed by atoms with E-state index in [1.165, 1.54) is 0 Å². The van der Waals surface area contributed by atoms with E-state index in [-0.39, 0.29) is 11.8 Å². The summed E-state index contributed by atoms with van der Waals surface area (Å²) in [6.45, 7) is 6.08. The Bertz CT molecular complexity index is 182. The molecule has 1 fully saturated rings. The number of nitrogens with one attached hydrogen (secondary N) is 1. The summed E-state index contributed by atoms with van der Waals surface area (Å²) in [5.41, 5.74) is 1.73. The Morgan fingerprint density at radius 1 is 1.62 bits per heavy atom. The molecule has 0 aromatic rings. The zero-order chi connectivity index (χ0) is 9.84. The van der Waals surface area contributed by atoms with Crippen LogP contribution in [0, 0.1) is 5.92 Å². The predicted octanol–water partition coefficient (Wildman–Crippen LogP) is 0.612. The van der Waals surface area contributed by atoms with Gasteiger partial charge < -0.3 is 4.90 Å². The van der Waals surface area contributed by atoms with Crippen LogP contribution >= 0.6 is 0 Å². The Kier molecular flexibility index (Phi) is 3.69. The lowest BCUT2D eigenvalue weighted by Crippen LogP contribution is -2.44. The second kappa shape index (κ2) is 4.58. The Hall–Kier alpha value is -0.610. The van der Waals surface area contributed by atoms with E-state index in [2.05, 4.69) is 18.7 Å². The second-order valence-electron chi connectivity index (χ2n) is 3.90. The van der Waals surface area contributed by atoms with Gasteiger partial charge in [0.05, 0.1) is 5.92 Å². The first-order valence-corrected chi connectivity index (χ1v) is 4.83. The van der Waals surface area contributed by atoms with Gasteiger partial charge in [-0.1, -0.05) is 0 Å². The summed E-state index contributed by atoms with van der Waals surface area (Å²) in [6, 6.07) is 0.481. The van der Waals surface area contributed by atoms with E-state index in [0.717, 1.165) is 25.9 Å². The Balaban J connectivity index is 2.46. The van der Waals surface area contributed by atoms with Gasteiger partial charge in [0.1, 0.15) is 0 Å². The van der Waals surface area contributed by atoms with Crippen molar-refractivity contribution in [3.63, 3.8) is 0 Å². The monoisotopic (exact) mass is 186 g/mol. The van der Waals surface area contributed by atoms with Crippen LogP contribution in [0.4, 0.5) is 0 Å². The molecule has 13 heavy (non-hydrogen) atoms. The molecule has 1 saturated heterocycles. The van der Waals surface area contributed by atoms with Gasteiger partial charge in [-0.15, -0.1) is 0 Å². The summed E-state index contributed by atoms with van der Waals surface area (Å²) >= 11 is 0. The molecule has 1 amide bonds. The van der Waals surface area contributed by atoms with Gasteiger partial charge in [-0.2, -0.15) is 0 Å². The first-order valence-electron chi connectivity index (χ1n) is 4.83. The SMILES string of the molecule is CC(C)N1CCC[C@@H](C(=O)NO)C1. The molecule has 1 atom stereocenters. The van der Waals surface area contributed by atoms with Crippen LogP contribution in [-0.2, 0) is 4.79 Å². The largest absolute Gasteiger partial charge is 0.300 e. The number of likely N-dealkylation sites (tertiary alicyclic amines) is 1. The Labute approximate surface area is 78.9 Å². The van der Waals surface area contributed by atoms with E-state index in [1.54, 1.807) is 5.48 Å². The van der Waals surface area contributed by atoms with E-state index in [1.807, 2.05) is 0 Å². The molecular weight excluding hydrogens is 168 g/mol. The van der Waals surface area contributed by atoms with Gasteiger partial charge in [0, 0.05) is 12.6 Å². The number of carbonyl (C=O) groups is 1. The van der Waals surface area contributed by atoms with Gasteiger partial charge in [-0.05, 0) is 33.2 Å². The highest BCUT2D eigenvalue weighted by atomic mass is 16.5. The number of amides is 1. The highest BCUT2D eigenvalue weighted by Gasteiger charge is 2.26. The fourth-order valence-corrected chi connectivity index (χ4v) is 1.78. The summed E-state index contributed by atoms with van der Waals surface area (Å²) in [6.07, 6.45) is 1.92. The highest BCUT2D eigenvalue weighted by Crippen LogP contribution is 2.18. The van der Waals surface area contributed by atoms with Crippen molar-refractivity contribution < 1.29 is 10.0 Å². The van der Waals surface area contributed by atoms with Crippen molar-refractivity contribution in [2.75, 3.05) is 13.1 Å². The lowest BCUT2D eigenvalue weighted by atomic mass is 9.96. The number of hydrogen-bond acceptors (Lipinski definition) is 3. The third kappa shape index (κ3) is 2.67. The summed E-state index contributed by atoms with van der Waals surface area (Å²) in [5.74, 6) is -0.286. The normalized spacial score (nSPS) is 24.8. The van der Waals surface area contributed by atoms with Crippen LogP contribution < -0.4 is 5.48 Å². The van der Waals surface area contributed by atoms with Crippen LogP contribution in [0.2, 0.25) is 0 Å². The van der Waals surface area contributed by atoms with Crippen molar-refractivity contribution in [3.05, 3.63) is 0 Å². The molecule has 0 radical (unpaired) electrons. The summed E-state index contributed by atoms with van der Waals surface area (Å²) in [4.78, 5) is 13.4. The van der Waals surface area contributed by atoms with Crippen LogP contribution in [0.15, 0.2) is 0 Å². The van der Waals surface area contributed by atoms with Crippen LogP contribution in [0.3, 0.4) is 0 Å². The van der Waals surface area contributed by atoms with Gasteiger partial charge in [0.15, 0.2) is 0 Å². The molecule has 2 N–H and O–H groups in total. The van der Waals surface area contributed by atoms with Crippen molar-refractivity contribution in [1.82, 2.24) is 10.4 Å². The minimum absolute atomic E-state index is 0.0406. The smallest absolute Gasteiger partial charge is 0.247 e. The molecule has 0 spiro atoms. The minimum atomic E-state index is -0.245. The van der Waals surface area contributed by atoms with Crippen LogP contribution in [-0.4, -0.2) is 35.1 Å². The average Bonchev–Trinajstić information content (AvgIpc) is 2.17.